The van der Waals surface area contributed by atoms with E-state index in [0.29, 0.717) is 13.1 Å². The molecule has 1 aliphatic heterocycles. The zero-order chi connectivity index (χ0) is 13.4. The van der Waals surface area contributed by atoms with Gasteiger partial charge in [-0.05, 0) is 25.8 Å². The van der Waals surface area contributed by atoms with Crippen LogP contribution in [0.5, 0.6) is 0 Å². The normalized spacial score (nSPS) is 17.7. The van der Waals surface area contributed by atoms with Gasteiger partial charge >= 0.3 is 0 Å². The lowest BCUT2D eigenvalue weighted by Gasteiger charge is -2.24. The maximum absolute atomic E-state index is 12.3. The van der Waals surface area contributed by atoms with Crippen LogP contribution in [0.1, 0.15) is 33.1 Å². The molecule has 19 heavy (non-hydrogen) atoms. The third kappa shape index (κ3) is 6.25. The molecule has 0 aromatic heterocycles. The van der Waals surface area contributed by atoms with Crippen molar-refractivity contribution in [3.05, 3.63) is 0 Å². The number of halogens is 1. The molecule has 0 radical (unpaired) electrons. The van der Waals surface area contributed by atoms with Crippen LogP contribution in [0.3, 0.4) is 0 Å². The molecule has 0 saturated carbocycles. The molecule has 2 amide bonds. The highest BCUT2D eigenvalue weighted by Gasteiger charge is 2.27. The predicted molar refractivity (Wildman–Crippen MR) is 78.4 cm³/mol. The summed E-state index contributed by atoms with van der Waals surface area (Å²) < 4.78 is 0. The van der Waals surface area contributed by atoms with Gasteiger partial charge in [0.15, 0.2) is 0 Å². The number of nitrogens with zero attached hydrogens (tertiary/aromatic N) is 1. The number of rotatable bonds is 7. The highest BCUT2D eigenvalue weighted by Crippen LogP contribution is 2.11. The summed E-state index contributed by atoms with van der Waals surface area (Å²) in [6.45, 7) is 7.22. The minimum atomic E-state index is -0.0513. The molecule has 0 aromatic rings. The van der Waals surface area contributed by atoms with Gasteiger partial charge in [0, 0.05) is 19.6 Å². The molecule has 1 unspecified atom stereocenters. The van der Waals surface area contributed by atoms with Gasteiger partial charge in [0.1, 0.15) is 0 Å². The van der Waals surface area contributed by atoms with Crippen LogP contribution in [0.25, 0.3) is 0 Å². The average Bonchev–Trinajstić information content (AvgIpc) is 2.88. The van der Waals surface area contributed by atoms with Gasteiger partial charge in [-0.15, -0.1) is 12.4 Å². The first-order valence-electron chi connectivity index (χ1n) is 6.95. The summed E-state index contributed by atoms with van der Waals surface area (Å²) >= 11 is 0. The minimum Gasteiger partial charge on any atom is -0.355 e. The Labute approximate surface area is 121 Å². The largest absolute Gasteiger partial charge is 0.355 e. The Morgan fingerprint density at radius 3 is 2.58 bits per heavy atom. The molecule has 1 fully saturated rings. The summed E-state index contributed by atoms with van der Waals surface area (Å²) in [7, 11) is 0. The first-order valence-corrected chi connectivity index (χ1v) is 6.95. The van der Waals surface area contributed by atoms with Gasteiger partial charge < -0.3 is 15.5 Å². The van der Waals surface area contributed by atoms with Crippen molar-refractivity contribution in [2.24, 2.45) is 5.92 Å². The fraction of sp³-hybridized carbons (Fsp3) is 0.846. The Morgan fingerprint density at radius 2 is 2.05 bits per heavy atom. The number of amides is 2. The van der Waals surface area contributed by atoms with E-state index in [1.807, 2.05) is 13.8 Å². The van der Waals surface area contributed by atoms with Crippen LogP contribution >= 0.6 is 12.4 Å². The van der Waals surface area contributed by atoms with Crippen LogP contribution in [0.15, 0.2) is 0 Å². The molecule has 0 spiro atoms. The maximum Gasteiger partial charge on any atom is 0.239 e. The molecular formula is C13H26ClN3O2. The Kier molecular flexibility index (Phi) is 9.61. The van der Waals surface area contributed by atoms with Gasteiger partial charge in [0.25, 0.3) is 0 Å². The summed E-state index contributed by atoms with van der Waals surface area (Å²) in [5.41, 5.74) is 0. The van der Waals surface area contributed by atoms with E-state index in [1.54, 1.807) is 4.90 Å². The van der Waals surface area contributed by atoms with Crippen molar-refractivity contribution in [2.45, 2.75) is 33.1 Å². The zero-order valence-corrected chi connectivity index (χ0v) is 12.7. The van der Waals surface area contributed by atoms with Crippen molar-refractivity contribution in [3.8, 4) is 0 Å². The molecule has 0 bridgehead atoms. The fourth-order valence-electron chi connectivity index (χ4n) is 2.15. The van der Waals surface area contributed by atoms with Gasteiger partial charge in [-0.2, -0.15) is 0 Å². The zero-order valence-electron chi connectivity index (χ0n) is 11.9. The molecule has 5 nitrogen and oxygen atoms in total. The van der Waals surface area contributed by atoms with E-state index in [2.05, 4.69) is 10.6 Å². The second-order valence-corrected chi connectivity index (χ2v) is 4.80. The third-order valence-corrected chi connectivity index (χ3v) is 3.12. The van der Waals surface area contributed by atoms with Gasteiger partial charge in [0.05, 0.1) is 12.5 Å². The van der Waals surface area contributed by atoms with Gasteiger partial charge in [-0.3, -0.25) is 9.59 Å². The van der Waals surface area contributed by atoms with Crippen molar-refractivity contribution < 1.29 is 9.59 Å². The Bertz CT molecular complexity index is 281. The van der Waals surface area contributed by atoms with Crippen molar-refractivity contribution in [2.75, 3.05) is 32.7 Å². The molecular weight excluding hydrogens is 266 g/mol. The lowest BCUT2D eigenvalue weighted by Crippen LogP contribution is -2.44. The first-order chi connectivity index (χ1) is 8.69. The quantitative estimate of drug-likeness (QED) is 0.729. The van der Waals surface area contributed by atoms with Gasteiger partial charge in [-0.1, -0.05) is 13.8 Å². The summed E-state index contributed by atoms with van der Waals surface area (Å²) in [6, 6.07) is 0. The standard InChI is InChI=1S/C13H25N3O2.ClH/c1-3-6-15-12(17)10-16(8-4-2)13(18)11-5-7-14-9-11;/h11,14H,3-10H2,1-2H3,(H,15,17);1H. The Hall–Kier alpha value is -0.810. The van der Waals surface area contributed by atoms with E-state index >= 15 is 0 Å². The van der Waals surface area contributed by atoms with E-state index in [9.17, 15) is 9.59 Å². The number of carbonyl (C=O) groups excluding carboxylic acids is 2. The van der Waals surface area contributed by atoms with Crippen molar-refractivity contribution in [1.29, 1.82) is 0 Å². The van der Waals surface area contributed by atoms with Crippen molar-refractivity contribution in [1.82, 2.24) is 15.5 Å². The highest BCUT2D eigenvalue weighted by atomic mass is 35.5. The highest BCUT2D eigenvalue weighted by molar-refractivity contribution is 5.86. The third-order valence-electron chi connectivity index (χ3n) is 3.12. The van der Waals surface area contributed by atoms with E-state index in [1.165, 1.54) is 0 Å². The van der Waals surface area contributed by atoms with Crippen molar-refractivity contribution in [3.63, 3.8) is 0 Å². The van der Waals surface area contributed by atoms with Gasteiger partial charge in [-0.25, -0.2) is 0 Å². The summed E-state index contributed by atoms with van der Waals surface area (Å²) in [6.07, 6.45) is 2.68. The van der Waals surface area contributed by atoms with Crippen LogP contribution in [-0.4, -0.2) is 49.4 Å². The van der Waals surface area contributed by atoms with Crippen molar-refractivity contribution >= 4 is 24.2 Å². The molecule has 0 aliphatic carbocycles. The molecule has 6 heteroatoms. The summed E-state index contributed by atoms with van der Waals surface area (Å²) in [4.78, 5) is 25.6. The fourth-order valence-corrected chi connectivity index (χ4v) is 2.15. The maximum atomic E-state index is 12.3. The summed E-state index contributed by atoms with van der Waals surface area (Å²) in [5.74, 6) is 0.119. The second-order valence-electron chi connectivity index (χ2n) is 4.80. The number of nitrogens with one attached hydrogen (secondary N) is 2. The molecule has 1 rings (SSSR count). The second kappa shape index (κ2) is 10.0. The smallest absolute Gasteiger partial charge is 0.239 e. The Balaban J connectivity index is 0.00000324. The molecule has 1 heterocycles. The lowest BCUT2D eigenvalue weighted by atomic mass is 10.1. The van der Waals surface area contributed by atoms with E-state index < -0.39 is 0 Å². The van der Waals surface area contributed by atoms with Gasteiger partial charge in [0.2, 0.25) is 11.8 Å². The summed E-state index contributed by atoms with van der Waals surface area (Å²) in [5, 5.41) is 6.01. The number of hydrogen-bond acceptors (Lipinski definition) is 3. The number of hydrogen-bond donors (Lipinski definition) is 2. The minimum absolute atomic E-state index is 0. The molecule has 112 valence electrons. The average molecular weight is 292 g/mol. The van der Waals surface area contributed by atoms with Crippen LogP contribution in [0.2, 0.25) is 0 Å². The SMILES string of the molecule is CCCNC(=O)CN(CCC)C(=O)C1CCNC1.Cl. The van der Waals surface area contributed by atoms with Crippen LogP contribution < -0.4 is 10.6 Å². The molecule has 1 saturated heterocycles. The van der Waals surface area contributed by atoms with Crippen LogP contribution in [-0.2, 0) is 9.59 Å². The number of carbonyl (C=O) groups is 2. The molecule has 0 aromatic carbocycles. The molecule has 1 aliphatic rings. The van der Waals surface area contributed by atoms with E-state index in [0.717, 1.165) is 32.4 Å². The molecule has 1 atom stereocenters. The first kappa shape index (κ1) is 18.2. The van der Waals surface area contributed by atoms with Crippen LogP contribution in [0, 0.1) is 5.92 Å². The molecule has 2 N–H and O–H groups in total. The van der Waals surface area contributed by atoms with E-state index in [4.69, 9.17) is 0 Å². The Morgan fingerprint density at radius 1 is 1.32 bits per heavy atom. The van der Waals surface area contributed by atoms with Crippen LogP contribution in [0.4, 0.5) is 0 Å². The lowest BCUT2D eigenvalue weighted by molar-refractivity contribution is -0.139. The predicted octanol–water partition coefficient (Wildman–Crippen LogP) is 0.782. The topological polar surface area (TPSA) is 61.4 Å². The van der Waals surface area contributed by atoms with E-state index in [-0.39, 0.29) is 36.7 Å². The monoisotopic (exact) mass is 291 g/mol.